The van der Waals surface area contributed by atoms with Gasteiger partial charge in [-0.25, -0.2) is 4.98 Å². The first-order chi connectivity index (χ1) is 13.4. The van der Waals surface area contributed by atoms with Gasteiger partial charge in [0.15, 0.2) is 0 Å². The van der Waals surface area contributed by atoms with E-state index in [0.717, 1.165) is 16.8 Å². The number of anilines is 1. The molecule has 1 amide bonds. The molecule has 0 saturated carbocycles. The first-order valence-electron chi connectivity index (χ1n) is 9.49. The zero-order valence-electron chi connectivity index (χ0n) is 16.7. The van der Waals surface area contributed by atoms with Crippen molar-refractivity contribution in [3.8, 4) is 0 Å². The molecule has 0 radical (unpaired) electrons. The molecule has 6 nitrogen and oxygen atoms in total. The smallest absolute Gasteiger partial charge is 0.258 e. The van der Waals surface area contributed by atoms with E-state index in [2.05, 4.69) is 15.3 Å². The monoisotopic (exact) mass is 378 g/mol. The Balaban J connectivity index is 1.79. The van der Waals surface area contributed by atoms with Crippen LogP contribution in [0, 0.1) is 13.8 Å². The number of likely N-dealkylation sites (N-methyl/N-ethyl adjacent to an activating group) is 1. The number of benzene rings is 2. The Kier molecular flexibility index (Phi) is 5.90. The van der Waals surface area contributed by atoms with Crippen molar-refractivity contribution >= 4 is 22.5 Å². The quantitative estimate of drug-likeness (QED) is 0.689. The summed E-state index contributed by atoms with van der Waals surface area (Å²) in [5.74, 6) is 0.472. The number of rotatable bonds is 6. The van der Waals surface area contributed by atoms with Crippen LogP contribution < -0.4 is 10.9 Å². The zero-order chi connectivity index (χ0) is 20.3. The number of aromatic nitrogens is 2. The van der Waals surface area contributed by atoms with Crippen molar-refractivity contribution in [2.75, 3.05) is 11.9 Å². The number of aryl methyl sites for hydroxylation is 2. The summed E-state index contributed by atoms with van der Waals surface area (Å²) in [6.07, 6.45) is 0. The molecule has 0 aliphatic rings. The molecule has 1 heterocycles. The van der Waals surface area contributed by atoms with Crippen molar-refractivity contribution in [3.05, 3.63) is 69.8 Å². The number of hydrogen-bond acceptors (Lipinski definition) is 4. The van der Waals surface area contributed by atoms with Crippen LogP contribution >= 0.6 is 0 Å². The highest BCUT2D eigenvalue weighted by molar-refractivity contribution is 5.95. The lowest BCUT2D eigenvalue weighted by Gasteiger charge is -2.27. The van der Waals surface area contributed by atoms with E-state index in [-0.39, 0.29) is 17.5 Å². The van der Waals surface area contributed by atoms with Gasteiger partial charge in [0.25, 0.3) is 5.56 Å². The highest BCUT2D eigenvalue weighted by Crippen LogP contribution is 2.20. The maximum atomic E-state index is 12.8. The number of hydrogen-bond donors (Lipinski definition) is 2. The molecular formula is C22H26N4O2. The van der Waals surface area contributed by atoms with Gasteiger partial charge in [-0.3, -0.25) is 14.5 Å². The largest absolute Gasteiger partial charge is 0.324 e. The Morgan fingerprint density at radius 2 is 1.82 bits per heavy atom. The second-order valence-electron chi connectivity index (χ2n) is 7.02. The molecule has 0 bridgehead atoms. The summed E-state index contributed by atoms with van der Waals surface area (Å²) in [6, 6.07) is 12.8. The number of aromatic amines is 1. The Morgan fingerprint density at radius 1 is 1.14 bits per heavy atom. The summed E-state index contributed by atoms with van der Waals surface area (Å²) in [7, 11) is 0. The van der Waals surface area contributed by atoms with E-state index in [0.29, 0.717) is 29.8 Å². The Bertz CT molecular complexity index is 1040. The average Bonchev–Trinajstić information content (AvgIpc) is 2.68. The summed E-state index contributed by atoms with van der Waals surface area (Å²) >= 11 is 0. The third-order valence-corrected chi connectivity index (χ3v) is 5.08. The first kappa shape index (κ1) is 19.8. The molecule has 28 heavy (non-hydrogen) atoms. The van der Waals surface area contributed by atoms with Gasteiger partial charge in [0.1, 0.15) is 5.82 Å². The fourth-order valence-electron chi connectivity index (χ4n) is 3.33. The lowest BCUT2D eigenvalue weighted by molar-refractivity contribution is -0.120. The molecule has 0 spiro atoms. The summed E-state index contributed by atoms with van der Waals surface area (Å²) in [5.41, 5.74) is 3.41. The topological polar surface area (TPSA) is 78.1 Å². The number of fused-ring (bicyclic) bond motifs is 1. The summed E-state index contributed by atoms with van der Waals surface area (Å²) in [5, 5.41) is 3.61. The van der Waals surface area contributed by atoms with Gasteiger partial charge in [-0.15, -0.1) is 0 Å². The summed E-state index contributed by atoms with van der Waals surface area (Å²) in [4.78, 5) is 34.5. The lowest BCUT2D eigenvalue weighted by atomic mass is 10.1. The van der Waals surface area contributed by atoms with Crippen LogP contribution in [0.4, 0.5) is 5.69 Å². The van der Waals surface area contributed by atoms with E-state index >= 15 is 0 Å². The highest BCUT2D eigenvalue weighted by atomic mass is 16.2. The van der Waals surface area contributed by atoms with Crippen molar-refractivity contribution in [2.45, 2.75) is 40.3 Å². The molecule has 1 aromatic heterocycles. The Labute approximate surface area is 164 Å². The molecule has 2 aromatic carbocycles. The van der Waals surface area contributed by atoms with Gasteiger partial charge in [0.05, 0.1) is 23.5 Å². The normalized spacial score (nSPS) is 12.3. The second-order valence-corrected chi connectivity index (χ2v) is 7.02. The van der Waals surface area contributed by atoms with E-state index in [4.69, 9.17) is 0 Å². The van der Waals surface area contributed by atoms with Gasteiger partial charge in [-0.05, 0) is 50.6 Å². The van der Waals surface area contributed by atoms with Gasteiger partial charge < -0.3 is 10.3 Å². The summed E-state index contributed by atoms with van der Waals surface area (Å²) < 4.78 is 0. The van der Waals surface area contributed by atoms with E-state index < -0.39 is 0 Å². The van der Waals surface area contributed by atoms with Crippen LogP contribution in [-0.4, -0.2) is 33.4 Å². The van der Waals surface area contributed by atoms with Crippen molar-refractivity contribution in [3.63, 3.8) is 0 Å². The number of carbonyl (C=O) groups excluding carboxylic acids is 1. The van der Waals surface area contributed by atoms with Gasteiger partial charge >= 0.3 is 0 Å². The standard InChI is InChI=1S/C22H26N4O2/c1-5-26(13-19-23-18-12-7-6-11-17(18)22(28)24-19)16(4)21(27)25-20-14(2)9-8-10-15(20)3/h6-12,16H,5,13H2,1-4H3,(H,25,27)(H,23,24,28). The zero-order valence-corrected chi connectivity index (χ0v) is 16.7. The van der Waals surface area contributed by atoms with E-state index in [1.54, 1.807) is 6.07 Å². The van der Waals surface area contributed by atoms with Crippen LogP contribution in [0.15, 0.2) is 47.3 Å². The van der Waals surface area contributed by atoms with Crippen molar-refractivity contribution in [1.29, 1.82) is 0 Å². The number of carbonyl (C=O) groups is 1. The number of para-hydroxylation sites is 2. The predicted molar refractivity (Wildman–Crippen MR) is 112 cm³/mol. The Hall–Kier alpha value is -2.99. The fourth-order valence-corrected chi connectivity index (χ4v) is 3.33. The Morgan fingerprint density at radius 3 is 2.50 bits per heavy atom. The molecule has 6 heteroatoms. The van der Waals surface area contributed by atoms with Crippen molar-refractivity contribution < 1.29 is 4.79 Å². The molecule has 2 N–H and O–H groups in total. The maximum Gasteiger partial charge on any atom is 0.258 e. The van der Waals surface area contributed by atoms with E-state index in [1.807, 2.05) is 69.0 Å². The molecule has 146 valence electrons. The molecule has 3 aromatic rings. The van der Waals surface area contributed by atoms with Crippen LogP contribution in [0.25, 0.3) is 10.9 Å². The second kappa shape index (κ2) is 8.35. The van der Waals surface area contributed by atoms with Crippen LogP contribution in [0.1, 0.15) is 30.8 Å². The van der Waals surface area contributed by atoms with Gasteiger partial charge in [0.2, 0.25) is 5.91 Å². The van der Waals surface area contributed by atoms with Gasteiger partial charge in [0, 0.05) is 5.69 Å². The molecular weight excluding hydrogens is 352 g/mol. The molecule has 1 unspecified atom stereocenters. The molecule has 0 fully saturated rings. The average molecular weight is 378 g/mol. The molecule has 1 atom stereocenters. The molecule has 3 rings (SSSR count). The minimum Gasteiger partial charge on any atom is -0.324 e. The van der Waals surface area contributed by atoms with Crippen molar-refractivity contribution in [1.82, 2.24) is 14.9 Å². The summed E-state index contributed by atoms with van der Waals surface area (Å²) in [6.45, 7) is 8.85. The minimum absolute atomic E-state index is 0.0811. The van der Waals surface area contributed by atoms with Crippen LogP contribution in [0.3, 0.4) is 0 Å². The van der Waals surface area contributed by atoms with Crippen LogP contribution in [0.2, 0.25) is 0 Å². The van der Waals surface area contributed by atoms with Gasteiger partial charge in [-0.1, -0.05) is 37.3 Å². The van der Waals surface area contributed by atoms with E-state index in [9.17, 15) is 9.59 Å². The minimum atomic E-state index is -0.374. The predicted octanol–water partition coefficient (Wildman–Crippen LogP) is 3.39. The number of nitrogens with zero attached hydrogens (tertiary/aromatic N) is 2. The van der Waals surface area contributed by atoms with E-state index in [1.165, 1.54) is 0 Å². The third-order valence-electron chi connectivity index (χ3n) is 5.08. The number of H-pyrrole nitrogens is 1. The fraction of sp³-hybridized carbons (Fsp3) is 0.318. The van der Waals surface area contributed by atoms with Crippen molar-refractivity contribution in [2.24, 2.45) is 0 Å². The molecule has 0 aliphatic carbocycles. The molecule has 0 saturated heterocycles. The van der Waals surface area contributed by atoms with Crippen LogP contribution in [-0.2, 0) is 11.3 Å². The number of amides is 1. The maximum absolute atomic E-state index is 12.8. The number of nitrogens with one attached hydrogen (secondary N) is 2. The third kappa shape index (κ3) is 4.12. The lowest BCUT2D eigenvalue weighted by Crippen LogP contribution is -2.42. The molecule has 0 aliphatic heterocycles. The highest BCUT2D eigenvalue weighted by Gasteiger charge is 2.22. The van der Waals surface area contributed by atoms with Crippen LogP contribution in [0.5, 0.6) is 0 Å². The first-order valence-corrected chi connectivity index (χ1v) is 9.49. The van der Waals surface area contributed by atoms with Gasteiger partial charge in [-0.2, -0.15) is 0 Å². The SMILES string of the molecule is CCN(Cc1nc2ccccc2c(=O)[nH]1)C(C)C(=O)Nc1c(C)cccc1C.